The highest BCUT2D eigenvalue weighted by atomic mass is 35.5. The molecule has 3 unspecified atom stereocenters. The van der Waals surface area contributed by atoms with Gasteiger partial charge in [-0.1, -0.05) is 19.9 Å². The molecule has 82 valence electrons. The lowest BCUT2D eigenvalue weighted by atomic mass is 9.49. The van der Waals surface area contributed by atoms with E-state index in [4.69, 9.17) is 11.6 Å². The van der Waals surface area contributed by atoms with Gasteiger partial charge in [0.25, 0.3) is 0 Å². The highest BCUT2D eigenvalue weighted by molar-refractivity contribution is 6.17. The van der Waals surface area contributed by atoms with Gasteiger partial charge in [-0.3, -0.25) is 0 Å². The lowest BCUT2D eigenvalue weighted by Gasteiger charge is -2.57. The largest absolute Gasteiger partial charge is 0.386 e. The van der Waals surface area contributed by atoms with Crippen LogP contribution in [0.2, 0.25) is 0 Å². The van der Waals surface area contributed by atoms with E-state index in [9.17, 15) is 5.11 Å². The van der Waals surface area contributed by atoms with Gasteiger partial charge in [0.1, 0.15) is 0 Å². The zero-order chi connectivity index (χ0) is 11.0. The van der Waals surface area contributed by atoms with E-state index < -0.39 is 5.60 Å². The van der Waals surface area contributed by atoms with Crippen molar-refractivity contribution in [3.63, 3.8) is 0 Å². The first-order valence-electron chi connectivity index (χ1n) is 5.28. The standard InChI is InChI=1S/C12H21ClO/c1-5-12(4,14)10-8-9(6-7-13)11(10,2)3/h5,9-10,14H,1,6-8H2,2-4H3. The normalized spacial score (nSPS) is 34.4. The van der Waals surface area contributed by atoms with Gasteiger partial charge in [0.2, 0.25) is 0 Å². The monoisotopic (exact) mass is 216 g/mol. The Labute approximate surface area is 92.2 Å². The molecule has 1 nitrogen and oxygen atoms in total. The molecule has 3 atom stereocenters. The first kappa shape index (κ1) is 12.1. The van der Waals surface area contributed by atoms with E-state index >= 15 is 0 Å². The highest BCUT2D eigenvalue weighted by Crippen LogP contribution is 2.57. The Morgan fingerprint density at radius 1 is 1.64 bits per heavy atom. The molecule has 0 saturated heterocycles. The molecule has 1 N–H and O–H groups in total. The summed E-state index contributed by atoms with van der Waals surface area (Å²) in [5.41, 5.74) is -0.543. The van der Waals surface area contributed by atoms with Crippen molar-refractivity contribution >= 4 is 11.6 Å². The maximum absolute atomic E-state index is 10.1. The summed E-state index contributed by atoms with van der Waals surface area (Å²) in [6.07, 6.45) is 3.79. The van der Waals surface area contributed by atoms with Crippen molar-refractivity contribution in [2.75, 3.05) is 5.88 Å². The maximum atomic E-state index is 10.1. The van der Waals surface area contributed by atoms with E-state index in [0.717, 1.165) is 18.7 Å². The molecule has 2 heteroatoms. The average molecular weight is 217 g/mol. The third-order valence-electron chi connectivity index (χ3n) is 4.05. The molecule has 14 heavy (non-hydrogen) atoms. The lowest BCUT2D eigenvalue weighted by Crippen LogP contribution is -2.55. The number of rotatable bonds is 4. The summed E-state index contributed by atoms with van der Waals surface area (Å²) in [5.74, 6) is 1.69. The summed E-state index contributed by atoms with van der Waals surface area (Å²) in [5, 5.41) is 10.1. The molecule has 0 radical (unpaired) electrons. The zero-order valence-corrected chi connectivity index (χ0v) is 10.1. The fraction of sp³-hybridized carbons (Fsp3) is 0.833. The predicted octanol–water partition coefficient (Wildman–Crippen LogP) is 3.21. The highest BCUT2D eigenvalue weighted by Gasteiger charge is 2.53. The zero-order valence-electron chi connectivity index (χ0n) is 9.39. The van der Waals surface area contributed by atoms with Gasteiger partial charge in [0.05, 0.1) is 5.60 Å². The first-order chi connectivity index (χ1) is 6.36. The van der Waals surface area contributed by atoms with E-state index in [0.29, 0.717) is 11.8 Å². The van der Waals surface area contributed by atoms with Gasteiger partial charge in [-0.05, 0) is 37.0 Å². The van der Waals surface area contributed by atoms with Crippen LogP contribution in [0.4, 0.5) is 0 Å². The van der Waals surface area contributed by atoms with Crippen molar-refractivity contribution < 1.29 is 5.11 Å². The van der Waals surface area contributed by atoms with Crippen LogP contribution in [0.5, 0.6) is 0 Å². The summed E-state index contributed by atoms with van der Waals surface area (Å²) in [7, 11) is 0. The Morgan fingerprint density at radius 2 is 2.21 bits per heavy atom. The van der Waals surface area contributed by atoms with Gasteiger partial charge in [-0.2, -0.15) is 0 Å². The molecule has 0 aliphatic heterocycles. The van der Waals surface area contributed by atoms with Crippen molar-refractivity contribution in [2.24, 2.45) is 17.3 Å². The second-order valence-corrected chi connectivity index (χ2v) is 5.59. The van der Waals surface area contributed by atoms with Gasteiger partial charge in [0.15, 0.2) is 0 Å². The number of hydrogen-bond acceptors (Lipinski definition) is 1. The molecule has 0 aromatic rings. The van der Waals surface area contributed by atoms with Gasteiger partial charge in [-0.15, -0.1) is 18.2 Å². The molecule has 0 aromatic carbocycles. The number of hydrogen-bond donors (Lipinski definition) is 1. The Bertz CT molecular complexity index is 220. The molecular weight excluding hydrogens is 196 g/mol. The van der Waals surface area contributed by atoms with Crippen LogP contribution in [0.1, 0.15) is 33.6 Å². The molecule has 0 amide bonds. The van der Waals surface area contributed by atoms with Crippen LogP contribution in [0, 0.1) is 17.3 Å². The number of aliphatic hydroxyl groups is 1. The fourth-order valence-corrected chi connectivity index (χ4v) is 3.04. The van der Waals surface area contributed by atoms with Crippen molar-refractivity contribution in [1.29, 1.82) is 0 Å². The van der Waals surface area contributed by atoms with E-state index in [2.05, 4.69) is 20.4 Å². The number of alkyl halides is 1. The second kappa shape index (κ2) is 3.86. The molecule has 1 aliphatic rings. The van der Waals surface area contributed by atoms with E-state index in [1.165, 1.54) is 0 Å². The lowest BCUT2D eigenvalue weighted by molar-refractivity contribution is -0.124. The molecule has 0 aromatic heterocycles. The minimum Gasteiger partial charge on any atom is -0.386 e. The summed E-state index contributed by atoms with van der Waals surface area (Å²) in [6.45, 7) is 9.98. The van der Waals surface area contributed by atoms with Gasteiger partial charge < -0.3 is 5.11 Å². The van der Waals surface area contributed by atoms with Crippen molar-refractivity contribution in [3.05, 3.63) is 12.7 Å². The molecule has 1 rings (SSSR count). The van der Waals surface area contributed by atoms with Crippen LogP contribution in [0.3, 0.4) is 0 Å². The van der Waals surface area contributed by atoms with Crippen LogP contribution < -0.4 is 0 Å². The summed E-state index contributed by atoms with van der Waals surface area (Å²) in [6, 6.07) is 0. The summed E-state index contributed by atoms with van der Waals surface area (Å²) < 4.78 is 0. The minimum atomic E-state index is -0.730. The molecule has 1 fully saturated rings. The molecule has 0 heterocycles. The van der Waals surface area contributed by atoms with Crippen molar-refractivity contribution in [1.82, 2.24) is 0 Å². The smallest absolute Gasteiger partial charge is 0.0830 e. The summed E-state index contributed by atoms with van der Waals surface area (Å²) >= 11 is 5.75. The van der Waals surface area contributed by atoms with Crippen LogP contribution in [-0.2, 0) is 0 Å². The SMILES string of the molecule is C=CC(C)(O)C1CC(CCCl)C1(C)C. The molecule has 1 saturated carbocycles. The van der Waals surface area contributed by atoms with Gasteiger partial charge in [-0.25, -0.2) is 0 Å². The van der Waals surface area contributed by atoms with Crippen LogP contribution in [-0.4, -0.2) is 16.6 Å². The van der Waals surface area contributed by atoms with Crippen molar-refractivity contribution in [2.45, 2.75) is 39.2 Å². The van der Waals surface area contributed by atoms with Gasteiger partial charge in [0, 0.05) is 5.88 Å². The quantitative estimate of drug-likeness (QED) is 0.565. The molecular formula is C12H21ClO. The predicted molar refractivity (Wildman–Crippen MR) is 61.5 cm³/mol. The third kappa shape index (κ3) is 1.85. The topological polar surface area (TPSA) is 20.2 Å². The van der Waals surface area contributed by atoms with Crippen LogP contribution in [0.25, 0.3) is 0 Å². The first-order valence-corrected chi connectivity index (χ1v) is 5.81. The second-order valence-electron chi connectivity index (χ2n) is 5.21. The molecule has 0 bridgehead atoms. The Balaban J connectivity index is 2.67. The molecule has 0 spiro atoms. The maximum Gasteiger partial charge on any atom is 0.0830 e. The minimum absolute atomic E-state index is 0.187. The van der Waals surface area contributed by atoms with Crippen LogP contribution >= 0.6 is 11.6 Å². The van der Waals surface area contributed by atoms with E-state index in [1.54, 1.807) is 6.08 Å². The summed E-state index contributed by atoms with van der Waals surface area (Å²) in [4.78, 5) is 0. The van der Waals surface area contributed by atoms with Crippen LogP contribution in [0.15, 0.2) is 12.7 Å². The molecule has 1 aliphatic carbocycles. The number of halogens is 1. The Morgan fingerprint density at radius 3 is 2.57 bits per heavy atom. The van der Waals surface area contributed by atoms with Crippen molar-refractivity contribution in [3.8, 4) is 0 Å². The van der Waals surface area contributed by atoms with E-state index in [-0.39, 0.29) is 5.41 Å². The third-order valence-corrected chi connectivity index (χ3v) is 4.27. The van der Waals surface area contributed by atoms with Gasteiger partial charge >= 0.3 is 0 Å². The Kier molecular flexibility index (Phi) is 3.33. The fourth-order valence-electron chi connectivity index (χ4n) is 2.77. The average Bonchev–Trinajstić information content (AvgIpc) is 2.11. The Hall–Kier alpha value is -0.0100. The van der Waals surface area contributed by atoms with E-state index in [1.807, 2.05) is 6.92 Å².